The van der Waals surface area contributed by atoms with Crippen molar-refractivity contribution in [2.24, 2.45) is 0 Å². The molecule has 0 saturated heterocycles. The normalized spacial score (nSPS) is 11.9. The number of rotatable bonds is 8. The highest BCUT2D eigenvalue weighted by molar-refractivity contribution is 7.98. The van der Waals surface area contributed by atoms with Crippen LogP contribution in [-0.2, 0) is 17.9 Å². The van der Waals surface area contributed by atoms with Crippen LogP contribution < -0.4 is 10.6 Å². The molecule has 2 amide bonds. The quantitative estimate of drug-likeness (QED) is 0.663. The van der Waals surface area contributed by atoms with Crippen molar-refractivity contribution in [1.82, 2.24) is 20.4 Å². The van der Waals surface area contributed by atoms with Crippen molar-refractivity contribution in [3.8, 4) is 0 Å². The molecule has 0 bridgehead atoms. The molecule has 112 valence electrons. The molecule has 20 heavy (non-hydrogen) atoms. The first-order valence-corrected chi connectivity index (χ1v) is 7.73. The lowest BCUT2D eigenvalue weighted by Gasteiger charge is -2.14. The van der Waals surface area contributed by atoms with E-state index in [0.29, 0.717) is 18.7 Å². The number of nitrogens with one attached hydrogen (secondary N) is 2. The summed E-state index contributed by atoms with van der Waals surface area (Å²) in [7, 11) is 0. The number of nitrogens with zero attached hydrogens (tertiary/aromatic N) is 2. The van der Waals surface area contributed by atoms with Gasteiger partial charge in [0.15, 0.2) is 0 Å². The van der Waals surface area contributed by atoms with E-state index in [2.05, 4.69) is 15.7 Å². The Labute approximate surface area is 122 Å². The van der Waals surface area contributed by atoms with Crippen molar-refractivity contribution in [2.45, 2.75) is 32.5 Å². The van der Waals surface area contributed by atoms with Gasteiger partial charge in [-0.2, -0.15) is 16.9 Å². The van der Waals surface area contributed by atoms with Crippen LogP contribution in [0.4, 0.5) is 4.79 Å². The number of aromatic nitrogens is 2. The molecule has 8 heteroatoms. The smallest absolute Gasteiger partial charge is 0.326 e. The average molecular weight is 300 g/mol. The molecule has 0 aliphatic carbocycles. The predicted octanol–water partition coefficient (Wildman–Crippen LogP) is 0.908. The van der Waals surface area contributed by atoms with Crippen molar-refractivity contribution in [2.75, 3.05) is 12.0 Å². The van der Waals surface area contributed by atoms with E-state index in [9.17, 15) is 9.59 Å². The molecule has 1 unspecified atom stereocenters. The van der Waals surface area contributed by atoms with Crippen LogP contribution in [-0.4, -0.2) is 44.9 Å². The second kappa shape index (κ2) is 8.47. The monoisotopic (exact) mass is 300 g/mol. The number of urea groups is 1. The zero-order valence-electron chi connectivity index (χ0n) is 11.6. The first kappa shape index (κ1) is 16.4. The lowest BCUT2D eigenvalue weighted by Crippen LogP contribution is -2.46. The van der Waals surface area contributed by atoms with E-state index >= 15 is 0 Å². The Kier molecular flexibility index (Phi) is 6.92. The maximum absolute atomic E-state index is 11.7. The van der Waals surface area contributed by atoms with E-state index in [1.807, 2.05) is 19.4 Å². The van der Waals surface area contributed by atoms with Crippen LogP contribution in [0.5, 0.6) is 0 Å². The van der Waals surface area contributed by atoms with Gasteiger partial charge in [-0.25, -0.2) is 9.59 Å². The molecule has 0 aliphatic heterocycles. The fourth-order valence-electron chi connectivity index (χ4n) is 1.56. The highest BCUT2D eigenvalue weighted by Gasteiger charge is 2.19. The minimum absolute atomic E-state index is 0.320. The minimum atomic E-state index is -1.02. The highest BCUT2D eigenvalue weighted by atomic mass is 32.2. The Hall–Kier alpha value is -1.70. The molecule has 0 aliphatic rings. The van der Waals surface area contributed by atoms with E-state index in [-0.39, 0.29) is 0 Å². The van der Waals surface area contributed by atoms with Gasteiger partial charge in [0, 0.05) is 24.8 Å². The summed E-state index contributed by atoms with van der Waals surface area (Å²) >= 11 is 1.54. The van der Waals surface area contributed by atoms with Gasteiger partial charge in [0.05, 0.1) is 6.20 Å². The number of aryl methyl sites for hydroxylation is 1. The third-order valence-electron chi connectivity index (χ3n) is 2.68. The molecule has 1 heterocycles. The van der Waals surface area contributed by atoms with Crippen LogP contribution in [0.25, 0.3) is 0 Å². The molecule has 1 rings (SSSR count). The van der Waals surface area contributed by atoms with Gasteiger partial charge in [0.1, 0.15) is 6.04 Å². The van der Waals surface area contributed by atoms with Gasteiger partial charge < -0.3 is 15.7 Å². The number of carboxylic acid groups (broad SMARTS) is 1. The standard InChI is InChI=1S/C12H20N4O3S/c1-3-16-8-9(7-14-16)6-13-12(19)15-10(11(17)18)4-5-20-2/h7-8,10H,3-6H2,1-2H3,(H,17,18)(H2,13,15,19). The molecular weight excluding hydrogens is 280 g/mol. The van der Waals surface area contributed by atoms with Gasteiger partial charge in [0.25, 0.3) is 0 Å². The predicted molar refractivity (Wildman–Crippen MR) is 77.7 cm³/mol. The molecule has 1 atom stereocenters. The summed E-state index contributed by atoms with van der Waals surface area (Å²) in [4.78, 5) is 22.6. The minimum Gasteiger partial charge on any atom is -0.480 e. The average Bonchev–Trinajstić information content (AvgIpc) is 2.88. The summed E-state index contributed by atoms with van der Waals surface area (Å²) in [6.07, 6.45) is 5.80. The molecular formula is C12H20N4O3S. The summed E-state index contributed by atoms with van der Waals surface area (Å²) in [5, 5.41) is 18.2. The Morgan fingerprint density at radius 1 is 1.55 bits per heavy atom. The molecule has 3 N–H and O–H groups in total. The number of carbonyl (C=O) groups is 2. The Bertz CT molecular complexity index is 450. The van der Waals surface area contributed by atoms with E-state index in [4.69, 9.17) is 5.11 Å². The fraction of sp³-hybridized carbons (Fsp3) is 0.583. The second-order valence-corrected chi connectivity index (χ2v) is 5.19. The molecule has 1 aromatic rings. The van der Waals surface area contributed by atoms with Crippen molar-refractivity contribution < 1.29 is 14.7 Å². The van der Waals surface area contributed by atoms with Crippen molar-refractivity contribution in [3.05, 3.63) is 18.0 Å². The van der Waals surface area contributed by atoms with Gasteiger partial charge >= 0.3 is 12.0 Å². The number of carboxylic acids is 1. The van der Waals surface area contributed by atoms with Crippen LogP contribution in [0.3, 0.4) is 0 Å². The molecule has 0 saturated carbocycles. The zero-order valence-corrected chi connectivity index (χ0v) is 12.4. The third kappa shape index (κ3) is 5.52. The molecule has 7 nitrogen and oxygen atoms in total. The van der Waals surface area contributed by atoms with Crippen molar-refractivity contribution in [3.63, 3.8) is 0 Å². The number of thioether (sulfide) groups is 1. The second-order valence-electron chi connectivity index (χ2n) is 4.20. The zero-order chi connectivity index (χ0) is 15.0. The SMILES string of the molecule is CCn1cc(CNC(=O)NC(CCSC)C(=O)O)cn1. The number of amides is 2. The van der Waals surface area contributed by atoms with Gasteiger partial charge in [-0.05, 0) is 25.4 Å². The first-order valence-electron chi connectivity index (χ1n) is 6.34. The summed E-state index contributed by atoms with van der Waals surface area (Å²) in [5.74, 6) is -0.339. The Balaban J connectivity index is 2.39. The summed E-state index contributed by atoms with van der Waals surface area (Å²) < 4.78 is 1.76. The van der Waals surface area contributed by atoms with Crippen LogP contribution >= 0.6 is 11.8 Å². The van der Waals surface area contributed by atoms with Gasteiger partial charge in [-0.15, -0.1) is 0 Å². The van der Waals surface area contributed by atoms with E-state index < -0.39 is 18.0 Å². The first-order chi connectivity index (χ1) is 9.56. The van der Waals surface area contributed by atoms with Gasteiger partial charge in [-0.3, -0.25) is 4.68 Å². The lowest BCUT2D eigenvalue weighted by molar-refractivity contribution is -0.139. The van der Waals surface area contributed by atoms with Crippen LogP contribution in [0.1, 0.15) is 18.9 Å². The van der Waals surface area contributed by atoms with E-state index in [0.717, 1.165) is 12.1 Å². The molecule has 1 aromatic heterocycles. The topological polar surface area (TPSA) is 96.2 Å². The fourth-order valence-corrected chi connectivity index (χ4v) is 2.03. The maximum atomic E-state index is 11.7. The number of hydrogen-bond donors (Lipinski definition) is 3. The lowest BCUT2D eigenvalue weighted by atomic mass is 10.2. The highest BCUT2D eigenvalue weighted by Crippen LogP contribution is 2.01. The number of aliphatic carboxylic acids is 1. The number of carbonyl (C=O) groups excluding carboxylic acids is 1. The van der Waals surface area contributed by atoms with Crippen LogP contribution in [0, 0.1) is 0 Å². The maximum Gasteiger partial charge on any atom is 0.326 e. The third-order valence-corrected chi connectivity index (χ3v) is 3.32. The van der Waals surface area contributed by atoms with Gasteiger partial charge in [-0.1, -0.05) is 0 Å². The van der Waals surface area contributed by atoms with Crippen molar-refractivity contribution in [1.29, 1.82) is 0 Å². The summed E-state index contributed by atoms with van der Waals surface area (Å²) in [6.45, 7) is 3.06. The van der Waals surface area contributed by atoms with Crippen LogP contribution in [0.15, 0.2) is 12.4 Å². The number of hydrogen-bond acceptors (Lipinski definition) is 4. The molecule has 0 aromatic carbocycles. The molecule has 0 radical (unpaired) electrons. The summed E-state index contributed by atoms with van der Waals surface area (Å²) in [6, 6.07) is -1.34. The molecule has 0 fully saturated rings. The van der Waals surface area contributed by atoms with Crippen molar-refractivity contribution >= 4 is 23.8 Å². The van der Waals surface area contributed by atoms with E-state index in [1.54, 1.807) is 22.6 Å². The Morgan fingerprint density at radius 3 is 2.85 bits per heavy atom. The Morgan fingerprint density at radius 2 is 2.30 bits per heavy atom. The largest absolute Gasteiger partial charge is 0.480 e. The van der Waals surface area contributed by atoms with Gasteiger partial charge in [0.2, 0.25) is 0 Å². The van der Waals surface area contributed by atoms with Crippen LogP contribution in [0.2, 0.25) is 0 Å². The summed E-state index contributed by atoms with van der Waals surface area (Å²) in [5.41, 5.74) is 0.873. The van der Waals surface area contributed by atoms with E-state index in [1.165, 1.54) is 0 Å². The molecule has 0 spiro atoms.